The maximum absolute atomic E-state index is 12.8. The number of amides is 1. The van der Waals surface area contributed by atoms with E-state index in [0.717, 1.165) is 0 Å². The molecule has 1 heterocycles. The summed E-state index contributed by atoms with van der Waals surface area (Å²) in [6.07, 6.45) is 3.03. The lowest BCUT2D eigenvalue weighted by atomic mass is 9.64. The fraction of sp³-hybridized carbons (Fsp3) is 0.421. The van der Waals surface area contributed by atoms with Crippen molar-refractivity contribution in [3.05, 3.63) is 40.4 Å². The molecule has 5 nitrogen and oxygen atoms in total. The van der Waals surface area contributed by atoms with Gasteiger partial charge in [-0.05, 0) is 31.0 Å². The van der Waals surface area contributed by atoms with E-state index in [0.29, 0.717) is 31.0 Å². The van der Waals surface area contributed by atoms with Crippen molar-refractivity contribution in [2.24, 2.45) is 10.8 Å². The van der Waals surface area contributed by atoms with Gasteiger partial charge in [-0.1, -0.05) is 31.5 Å². The van der Waals surface area contributed by atoms with Crippen molar-refractivity contribution in [3.8, 4) is 11.8 Å². The molecule has 1 spiro atoms. The number of allylic oxidation sites excluding steroid dienone is 1. The number of benzene rings is 1. The highest BCUT2D eigenvalue weighted by molar-refractivity contribution is 6.30. The normalized spacial score (nSPS) is 25.0. The van der Waals surface area contributed by atoms with Crippen molar-refractivity contribution >= 4 is 23.3 Å². The number of phenols is 1. The van der Waals surface area contributed by atoms with Crippen molar-refractivity contribution in [3.63, 3.8) is 0 Å². The van der Waals surface area contributed by atoms with E-state index in [-0.39, 0.29) is 34.0 Å². The predicted octanol–water partition coefficient (Wildman–Crippen LogP) is 3.33. The van der Waals surface area contributed by atoms with Gasteiger partial charge >= 0.3 is 0 Å². The van der Waals surface area contributed by atoms with Crippen LogP contribution < -0.4 is 0 Å². The summed E-state index contributed by atoms with van der Waals surface area (Å²) >= 11 is 5.82. The molecule has 1 N–H and O–H groups in total. The first-order valence-electron chi connectivity index (χ1n) is 8.13. The van der Waals surface area contributed by atoms with Crippen LogP contribution in [0.1, 0.15) is 37.0 Å². The highest BCUT2D eigenvalue weighted by Gasteiger charge is 2.49. The van der Waals surface area contributed by atoms with E-state index in [9.17, 15) is 20.0 Å². The Bertz CT molecular complexity index is 838. The third kappa shape index (κ3) is 3.03. The monoisotopic (exact) mass is 358 g/mol. The molecule has 1 aromatic carbocycles. The van der Waals surface area contributed by atoms with Crippen LogP contribution in [0.25, 0.3) is 0 Å². The third-order valence-electron chi connectivity index (χ3n) is 5.09. The van der Waals surface area contributed by atoms with Crippen LogP contribution >= 0.6 is 11.6 Å². The summed E-state index contributed by atoms with van der Waals surface area (Å²) in [5, 5.41) is 19.6. The zero-order valence-electron chi connectivity index (χ0n) is 14.2. The lowest BCUT2D eigenvalue weighted by Gasteiger charge is -2.38. The smallest absolute Gasteiger partial charge is 0.257 e. The Morgan fingerprint density at radius 2 is 2.12 bits per heavy atom. The van der Waals surface area contributed by atoms with Crippen LogP contribution in [0.5, 0.6) is 5.75 Å². The van der Waals surface area contributed by atoms with E-state index in [1.165, 1.54) is 12.1 Å². The number of aromatic hydroxyl groups is 1. The summed E-state index contributed by atoms with van der Waals surface area (Å²) in [7, 11) is 0. The van der Waals surface area contributed by atoms with Gasteiger partial charge in [0, 0.05) is 28.9 Å². The van der Waals surface area contributed by atoms with Gasteiger partial charge in [0.1, 0.15) is 11.8 Å². The fourth-order valence-corrected chi connectivity index (χ4v) is 4.18. The first kappa shape index (κ1) is 17.5. The van der Waals surface area contributed by atoms with E-state index in [4.69, 9.17) is 11.6 Å². The molecule has 0 bridgehead atoms. The molecule has 130 valence electrons. The molecule has 3 rings (SSSR count). The van der Waals surface area contributed by atoms with Crippen molar-refractivity contribution in [1.82, 2.24) is 4.90 Å². The molecule has 6 heteroatoms. The number of hydrogen-bond acceptors (Lipinski definition) is 4. The van der Waals surface area contributed by atoms with Gasteiger partial charge in [0.2, 0.25) is 0 Å². The molecule has 1 saturated heterocycles. The first-order valence-corrected chi connectivity index (χ1v) is 8.51. The topological polar surface area (TPSA) is 81.4 Å². The van der Waals surface area contributed by atoms with Gasteiger partial charge in [-0.15, -0.1) is 0 Å². The SMILES string of the molecule is CC1(C)C[C@]2(C=C(C#N)C1=O)CCN(C(=O)c1ccc(Cl)cc1O)C2. The minimum atomic E-state index is -0.624. The van der Waals surface area contributed by atoms with Crippen LogP contribution in [0.3, 0.4) is 0 Å². The van der Waals surface area contributed by atoms with Crippen LogP contribution in [0.4, 0.5) is 0 Å². The summed E-state index contributed by atoms with van der Waals surface area (Å²) in [5.74, 6) is -0.556. The minimum absolute atomic E-state index is 0.138. The molecule has 1 fully saturated rings. The lowest BCUT2D eigenvalue weighted by molar-refractivity contribution is -0.125. The van der Waals surface area contributed by atoms with Gasteiger partial charge in [-0.25, -0.2) is 0 Å². The van der Waals surface area contributed by atoms with E-state index >= 15 is 0 Å². The van der Waals surface area contributed by atoms with E-state index < -0.39 is 5.41 Å². The van der Waals surface area contributed by atoms with Gasteiger partial charge in [-0.3, -0.25) is 9.59 Å². The van der Waals surface area contributed by atoms with Crippen LogP contribution in [0.2, 0.25) is 5.02 Å². The Labute approximate surface area is 151 Å². The van der Waals surface area contributed by atoms with Gasteiger partial charge in [0.05, 0.1) is 11.1 Å². The van der Waals surface area contributed by atoms with E-state index in [1.54, 1.807) is 17.0 Å². The molecule has 25 heavy (non-hydrogen) atoms. The van der Waals surface area contributed by atoms with Gasteiger partial charge < -0.3 is 10.0 Å². The molecule has 0 saturated carbocycles. The summed E-state index contributed by atoms with van der Waals surface area (Å²) < 4.78 is 0. The standard InChI is InChI=1S/C19H19ClN2O3/c1-18(2)10-19(8-12(9-21)16(18)24)5-6-22(11-19)17(25)14-4-3-13(20)7-15(14)23/h3-4,7-8,23H,5-6,10-11H2,1-2H3/t19-/m1/s1. The number of ketones is 1. The molecule has 1 amide bonds. The van der Waals surface area contributed by atoms with Crippen molar-refractivity contribution < 1.29 is 14.7 Å². The molecule has 0 unspecified atom stereocenters. The van der Waals surface area contributed by atoms with Gasteiger partial charge in [-0.2, -0.15) is 5.26 Å². The van der Waals surface area contributed by atoms with Crippen LogP contribution in [0.15, 0.2) is 29.8 Å². The van der Waals surface area contributed by atoms with E-state index in [1.807, 2.05) is 19.9 Å². The fourth-order valence-electron chi connectivity index (χ4n) is 4.02. The number of nitriles is 1. The molecule has 2 aliphatic rings. The minimum Gasteiger partial charge on any atom is -0.507 e. The first-order chi connectivity index (χ1) is 11.7. The molecule has 0 radical (unpaired) electrons. The number of carbonyl (C=O) groups excluding carboxylic acids is 2. The van der Waals surface area contributed by atoms with E-state index in [2.05, 4.69) is 0 Å². The molecule has 1 aliphatic heterocycles. The second-order valence-corrected chi connectivity index (χ2v) is 8.00. The predicted molar refractivity (Wildman–Crippen MR) is 93.2 cm³/mol. The molecule has 0 aromatic heterocycles. The summed E-state index contributed by atoms with van der Waals surface area (Å²) in [5.41, 5.74) is -0.612. The lowest BCUT2D eigenvalue weighted by Crippen LogP contribution is -2.40. The molecule has 1 aromatic rings. The summed E-state index contributed by atoms with van der Waals surface area (Å²) in [4.78, 5) is 26.7. The average molecular weight is 359 g/mol. The highest BCUT2D eigenvalue weighted by Crippen LogP contribution is 2.48. The quantitative estimate of drug-likeness (QED) is 0.834. The van der Waals surface area contributed by atoms with Crippen LogP contribution in [0, 0.1) is 22.2 Å². The second kappa shape index (κ2) is 5.89. The maximum atomic E-state index is 12.8. The number of halogens is 1. The third-order valence-corrected chi connectivity index (χ3v) is 5.32. The zero-order valence-corrected chi connectivity index (χ0v) is 14.9. The number of Topliss-reactive ketones (excluding diaryl/α,β-unsaturated/α-hetero) is 1. The Kier molecular flexibility index (Phi) is 4.12. The van der Waals surface area contributed by atoms with Gasteiger partial charge in [0.25, 0.3) is 5.91 Å². The van der Waals surface area contributed by atoms with Gasteiger partial charge in [0.15, 0.2) is 5.78 Å². The number of hydrogen-bond donors (Lipinski definition) is 1. The van der Waals surface area contributed by atoms with Crippen molar-refractivity contribution in [2.75, 3.05) is 13.1 Å². The number of phenolic OH excluding ortho intramolecular Hbond substituents is 1. The average Bonchev–Trinajstić information content (AvgIpc) is 2.93. The number of carbonyl (C=O) groups is 2. The van der Waals surface area contributed by atoms with Crippen molar-refractivity contribution in [1.29, 1.82) is 5.26 Å². The Morgan fingerprint density at radius 1 is 1.40 bits per heavy atom. The summed E-state index contributed by atoms with van der Waals surface area (Å²) in [6, 6.07) is 6.42. The Hall–Kier alpha value is -2.32. The number of likely N-dealkylation sites (tertiary alicyclic amines) is 1. The highest BCUT2D eigenvalue weighted by atomic mass is 35.5. The molecule has 1 atom stereocenters. The summed E-state index contributed by atoms with van der Waals surface area (Å²) in [6.45, 7) is 4.63. The largest absolute Gasteiger partial charge is 0.507 e. The number of nitrogens with zero attached hydrogens (tertiary/aromatic N) is 2. The number of rotatable bonds is 1. The molecular weight excluding hydrogens is 340 g/mol. The maximum Gasteiger partial charge on any atom is 0.257 e. The second-order valence-electron chi connectivity index (χ2n) is 7.56. The Balaban J connectivity index is 1.88. The van der Waals surface area contributed by atoms with Crippen LogP contribution in [-0.2, 0) is 4.79 Å². The Morgan fingerprint density at radius 3 is 2.76 bits per heavy atom. The molecular formula is C19H19ClN2O3. The zero-order chi connectivity index (χ0) is 18.4. The van der Waals surface area contributed by atoms with Crippen molar-refractivity contribution in [2.45, 2.75) is 26.7 Å². The van der Waals surface area contributed by atoms with Crippen LogP contribution in [-0.4, -0.2) is 34.8 Å². The molecule has 1 aliphatic carbocycles.